The average molecular weight is 255 g/mol. The molecule has 0 radical (unpaired) electrons. The van der Waals surface area contributed by atoms with Gasteiger partial charge in [0.15, 0.2) is 0 Å². The molecular weight excluding hydrogens is 248 g/mol. The summed E-state index contributed by atoms with van der Waals surface area (Å²) in [5.74, 6) is -0.590. The number of amides is 1. The highest BCUT2D eigenvalue weighted by molar-refractivity contribution is 6.32. The van der Waals surface area contributed by atoms with Crippen LogP contribution in [0, 0.1) is 21.4 Å². The minimum Gasteiger partial charge on any atom is -0.328 e. The molecule has 1 heterocycles. The van der Waals surface area contributed by atoms with Crippen LogP contribution in [0.1, 0.15) is 10.4 Å². The lowest BCUT2D eigenvalue weighted by Gasteiger charge is -2.13. The van der Waals surface area contributed by atoms with Gasteiger partial charge in [0, 0.05) is 13.1 Å². The van der Waals surface area contributed by atoms with Crippen molar-refractivity contribution < 1.29 is 9.72 Å². The minimum atomic E-state index is -0.676. The molecule has 0 spiro atoms. The topological polar surface area (TPSA) is 100 Å². The second-order valence-corrected chi connectivity index (χ2v) is 3.47. The fraction of sp³-hybridized carbons (Fsp3) is 0.222. The molecule has 7 nitrogen and oxygen atoms in total. The van der Waals surface area contributed by atoms with Crippen molar-refractivity contribution in [3.8, 4) is 6.07 Å². The Morgan fingerprint density at radius 1 is 1.76 bits per heavy atom. The van der Waals surface area contributed by atoms with Crippen molar-refractivity contribution >= 4 is 23.2 Å². The van der Waals surface area contributed by atoms with E-state index in [1.54, 1.807) is 6.07 Å². The van der Waals surface area contributed by atoms with E-state index in [-0.39, 0.29) is 22.9 Å². The first-order chi connectivity index (χ1) is 7.97. The van der Waals surface area contributed by atoms with E-state index in [0.29, 0.717) is 0 Å². The molecule has 8 heteroatoms. The van der Waals surface area contributed by atoms with Crippen molar-refractivity contribution in [1.29, 1.82) is 5.26 Å². The summed E-state index contributed by atoms with van der Waals surface area (Å²) in [4.78, 5) is 26.3. The van der Waals surface area contributed by atoms with Crippen LogP contribution in [-0.4, -0.2) is 34.3 Å². The normalized spacial score (nSPS) is 9.47. The van der Waals surface area contributed by atoms with Crippen LogP contribution in [0.4, 0.5) is 5.69 Å². The van der Waals surface area contributed by atoms with E-state index in [4.69, 9.17) is 16.9 Å². The average Bonchev–Trinajstić information content (AvgIpc) is 2.28. The maximum atomic E-state index is 11.8. The van der Waals surface area contributed by atoms with Crippen LogP contribution in [0.15, 0.2) is 12.3 Å². The molecule has 0 aliphatic rings. The monoisotopic (exact) mass is 254 g/mol. The van der Waals surface area contributed by atoms with E-state index in [1.807, 2.05) is 0 Å². The number of rotatable bonds is 3. The summed E-state index contributed by atoms with van der Waals surface area (Å²) < 4.78 is 0. The van der Waals surface area contributed by atoms with Gasteiger partial charge in [-0.15, -0.1) is 0 Å². The number of hydrogen-bond donors (Lipinski definition) is 0. The minimum absolute atomic E-state index is 0.0985. The molecule has 0 fully saturated rings. The number of nitro groups is 1. The predicted octanol–water partition coefficient (Wildman–Crippen LogP) is 1.24. The number of carbonyl (C=O) groups excluding carboxylic acids is 1. The maximum absolute atomic E-state index is 11.8. The molecule has 0 unspecified atom stereocenters. The predicted molar refractivity (Wildman–Crippen MR) is 58.5 cm³/mol. The van der Waals surface area contributed by atoms with Crippen molar-refractivity contribution in [3.05, 3.63) is 33.1 Å². The Bertz CT molecular complexity index is 511. The number of nitriles is 1. The Labute approximate surface area is 101 Å². The number of nitrogens with zero attached hydrogens (tertiary/aromatic N) is 4. The highest BCUT2D eigenvalue weighted by Crippen LogP contribution is 2.20. The summed E-state index contributed by atoms with van der Waals surface area (Å²) in [5, 5.41) is 18.8. The molecule has 0 aromatic carbocycles. The number of pyridine rings is 1. The fourth-order valence-corrected chi connectivity index (χ4v) is 1.25. The lowest BCUT2D eigenvalue weighted by Crippen LogP contribution is -2.27. The second kappa shape index (κ2) is 5.23. The van der Waals surface area contributed by atoms with Gasteiger partial charge in [0.1, 0.15) is 17.9 Å². The van der Waals surface area contributed by atoms with Gasteiger partial charge in [-0.3, -0.25) is 14.9 Å². The summed E-state index contributed by atoms with van der Waals surface area (Å²) >= 11 is 5.68. The third-order valence-corrected chi connectivity index (χ3v) is 2.22. The Hall–Kier alpha value is -2.20. The molecule has 0 saturated heterocycles. The Morgan fingerprint density at radius 2 is 2.41 bits per heavy atom. The van der Waals surface area contributed by atoms with Crippen molar-refractivity contribution in [1.82, 2.24) is 9.88 Å². The van der Waals surface area contributed by atoms with Gasteiger partial charge in [0.25, 0.3) is 11.6 Å². The van der Waals surface area contributed by atoms with Crippen LogP contribution in [0.3, 0.4) is 0 Å². The van der Waals surface area contributed by atoms with E-state index in [9.17, 15) is 14.9 Å². The lowest BCUT2D eigenvalue weighted by atomic mass is 10.2. The van der Waals surface area contributed by atoms with E-state index in [1.165, 1.54) is 7.05 Å². The fourth-order valence-electron chi connectivity index (χ4n) is 1.07. The molecule has 0 saturated carbocycles. The molecule has 1 rings (SSSR count). The summed E-state index contributed by atoms with van der Waals surface area (Å²) in [6, 6.07) is 2.82. The summed E-state index contributed by atoms with van der Waals surface area (Å²) in [7, 11) is 1.39. The van der Waals surface area contributed by atoms with Gasteiger partial charge in [0.05, 0.1) is 16.6 Å². The smallest absolute Gasteiger partial charge is 0.288 e. The first kappa shape index (κ1) is 12.9. The zero-order valence-electron chi connectivity index (χ0n) is 8.75. The summed E-state index contributed by atoms with van der Waals surface area (Å²) in [6.45, 7) is -0.141. The number of hydrogen-bond acceptors (Lipinski definition) is 5. The van der Waals surface area contributed by atoms with Crippen LogP contribution >= 0.6 is 11.6 Å². The molecule has 0 bridgehead atoms. The third kappa shape index (κ3) is 2.89. The third-order valence-electron chi connectivity index (χ3n) is 1.92. The van der Waals surface area contributed by atoms with E-state index in [0.717, 1.165) is 17.2 Å². The van der Waals surface area contributed by atoms with Gasteiger partial charge in [-0.1, -0.05) is 11.6 Å². The molecule has 1 amide bonds. The van der Waals surface area contributed by atoms with Gasteiger partial charge >= 0.3 is 0 Å². The summed E-state index contributed by atoms with van der Waals surface area (Å²) in [5.41, 5.74) is -0.429. The Morgan fingerprint density at radius 3 is 2.94 bits per heavy atom. The molecule has 88 valence electrons. The first-order valence-corrected chi connectivity index (χ1v) is 4.77. The van der Waals surface area contributed by atoms with Crippen molar-refractivity contribution in [2.75, 3.05) is 13.6 Å². The Kier molecular flexibility index (Phi) is 3.96. The molecule has 0 aliphatic heterocycles. The van der Waals surface area contributed by atoms with Crippen LogP contribution < -0.4 is 0 Å². The molecule has 1 aromatic rings. The van der Waals surface area contributed by atoms with Crippen molar-refractivity contribution in [2.24, 2.45) is 0 Å². The van der Waals surface area contributed by atoms with Gasteiger partial charge in [-0.2, -0.15) is 5.26 Å². The highest BCUT2D eigenvalue weighted by Gasteiger charge is 2.19. The standard InChI is InChI=1S/C9H7ClN4O3/c1-13(3-2-11)9(15)7-4-6(14(16)17)5-12-8(7)10/h4-5H,3H2,1H3. The second-order valence-electron chi connectivity index (χ2n) is 3.11. The molecule has 0 aliphatic carbocycles. The first-order valence-electron chi connectivity index (χ1n) is 4.39. The van der Waals surface area contributed by atoms with Gasteiger partial charge in [-0.05, 0) is 0 Å². The SMILES string of the molecule is CN(CC#N)C(=O)c1cc([N+](=O)[O-])cnc1Cl. The van der Waals surface area contributed by atoms with E-state index in [2.05, 4.69) is 4.98 Å². The van der Waals surface area contributed by atoms with Crippen LogP contribution in [-0.2, 0) is 0 Å². The van der Waals surface area contributed by atoms with Crippen molar-refractivity contribution in [3.63, 3.8) is 0 Å². The number of aromatic nitrogens is 1. The molecule has 1 aromatic heterocycles. The van der Waals surface area contributed by atoms with Gasteiger partial charge < -0.3 is 4.90 Å². The molecule has 17 heavy (non-hydrogen) atoms. The Balaban J connectivity index is 3.13. The van der Waals surface area contributed by atoms with Gasteiger partial charge in [-0.25, -0.2) is 4.98 Å². The molecular formula is C9H7ClN4O3. The van der Waals surface area contributed by atoms with Crippen LogP contribution in [0.2, 0.25) is 5.15 Å². The molecule has 0 N–H and O–H groups in total. The quantitative estimate of drug-likeness (QED) is 0.350. The zero-order valence-corrected chi connectivity index (χ0v) is 9.51. The van der Waals surface area contributed by atoms with E-state index < -0.39 is 10.8 Å². The maximum Gasteiger partial charge on any atom is 0.288 e. The van der Waals surface area contributed by atoms with Crippen LogP contribution in [0.25, 0.3) is 0 Å². The summed E-state index contributed by atoms with van der Waals surface area (Å²) in [6.07, 6.45) is 0.962. The number of halogens is 1. The van der Waals surface area contributed by atoms with Gasteiger partial charge in [0.2, 0.25) is 0 Å². The lowest BCUT2D eigenvalue weighted by molar-refractivity contribution is -0.385. The van der Waals surface area contributed by atoms with Crippen molar-refractivity contribution in [2.45, 2.75) is 0 Å². The van der Waals surface area contributed by atoms with Crippen LogP contribution in [0.5, 0.6) is 0 Å². The zero-order chi connectivity index (χ0) is 13.0. The molecule has 0 atom stereocenters. The number of carbonyl (C=O) groups is 1. The largest absolute Gasteiger partial charge is 0.328 e. The van der Waals surface area contributed by atoms with E-state index >= 15 is 0 Å². The highest BCUT2D eigenvalue weighted by atomic mass is 35.5.